The molecule has 2 aliphatic heterocycles. The number of nitrogens with zero attached hydrogens (tertiary/aromatic N) is 5. The number of ketones is 1. The SMILES string of the molecule is CCC1=NN(c2ccccc2)C2(SC(C(C)=O)=NN2c2cccc([N+](=O)[O-])c2)c2ccccc21. The maximum Gasteiger partial charge on any atom is 0.271 e. The summed E-state index contributed by atoms with van der Waals surface area (Å²) >= 11 is 1.29. The van der Waals surface area contributed by atoms with E-state index in [9.17, 15) is 14.9 Å². The molecule has 3 aromatic carbocycles. The first kappa shape index (κ1) is 21.8. The summed E-state index contributed by atoms with van der Waals surface area (Å²) in [6.45, 7) is 3.52. The van der Waals surface area contributed by atoms with E-state index in [2.05, 4.69) is 0 Å². The Hall–Kier alpha value is -3.98. The van der Waals surface area contributed by atoms with Crippen molar-refractivity contribution in [2.75, 3.05) is 10.0 Å². The Labute approximate surface area is 200 Å². The molecule has 0 aromatic heterocycles. The number of anilines is 2. The number of fused-ring (bicyclic) bond motifs is 2. The van der Waals surface area contributed by atoms with Crippen molar-refractivity contribution in [2.24, 2.45) is 10.2 Å². The summed E-state index contributed by atoms with van der Waals surface area (Å²) in [5, 5.41) is 25.1. The largest absolute Gasteiger partial charge is 0.292 e. The van der Waals surface area contributed by atoms with Gasteiger partial charge < -0.3 is 0 Å². The number of rotatable bonds is 5. The number of nitro groups is 1. The van der Waals surface area contributed by atoms with Gasteiger partial charge in [-0.25, -0.2) is 10.0 Å². The van der Waals surface area contributed by atoms with Gasteiger partial charge in [-0.1, -0.05) is 55.5 Å². The Morgan fingerprint density at radius 3 is 2.35 bits per heavy atom. The van der Waals surface area contributed by atoms with Crippen molar-refractivity contribution >= 4 is 45.4 Å². The van der Waals surface area contributed by atoms with Crippen LogP contribution in [0.2, 0.25) is 0 Å². The summed E-state index contributed by atoms with van der Waals surface area (Å²) < 4.78 is 0. The van der Waals surface area contributed by atoms with E-state index in [0.717, 1.165) is 22.5 Å². The third-order valence-electron chi connectivity index (χ3n) is 5.74. The predicted octanol–water partition coefficient (Wildman–Crippen LogP) is 5.50. The average Bonchev–Trinajstić information content (AvgIpc) is 3.26. The Bertz CT molecular complexity index is 1360. The lowest BCUT2D eigenvalue weighted by Gasteiger charge is -2.47. The minimum Gasteiger partial charge on any atom is -0.292 e. The number of hydrogen-bond donors (Lipinski definition) is 0. The van der Waals surface area contributed by atoms with Gasteiger partial charge in [0.25, 0.3) is 5.69 Å². The molecule has 0 radical (unpaired) electrons. The highest BCUT2D eigenvalue weighted by molar-refractivity contribution is 8.17. The average molecular weight is 472 g/mol. The number of carbonyl (C=O) groups is 1. The molecule has 0 fully saturated rings. The van der Waals surface area contributed by atoms with Crippen LogP contribution >= 0.6 is 11.8 Å². The zero-order valence-electron chi connectivity index (χ0n) is 18.6. The molecule has 170 valence electrons. The second-order valence-electron chi connectivity index (χ2n) is 7.85. The molecule has 3 aromatic rings. The van der Waals surface area contributed by atoms with Crippen molar-refractivity contribution in [3.8, 4) is 0 Å². The number of thioether (sulfide) groups is 1. The van der Waals surface area contributed by atoms with Crippen molar-refractivity contribution in [2.45, 2.75) is 25.3 Å². The number of carbonyl (C=O) groups excluding carboxylic acids is 1. The lowest BCUT2D eigenvalue weighted by atomic mass is 9.96. The molecule has 9 heteroatoms. The summed E-state index contributed by atoms with van der Waals surface area (Å²) in [7, 11) is 0. The molecule has 0 bridgehead atoms. The van der Waals surface area contributed by atoms with E-state index < -0.39 is 9.92 Å². The van der Waals surface area contributed by atoms with Gasteiger partial charge in [-0.15, -0.1) is 0 Å². The number of Topliss-reactive ketones (excluding diaryl/α,β-unsaturated/α-hetero) is 1. The van der Waals surface area contributed by atoms with Gasteiger partial charge in [0.05, 0.1) is 22.0 Å². The molecule has 2 heterocycles. The summed E-state index contributed by atoms with van der Waals surface area (Å²) in [5.41, 5.74) is 4.01. The molecular formula is C25H21N5O3S. The molecule has 8 nitrogen and oxygen atoms in total. The van der Waals surface area contributed by atoms with E-state index >= 15 is 0 Å². The number of benzene rings is 3. The smallest absolute Gasteiger partial charge is 0.271 e. The van der Waals surface area contributed by atoms with Crippen molar-refractivity contribution in [3.63, 3.8) is 0 Å². The molecule has 0 amide bonds. The van der Waals surface area contributed by atoms with Crippen LogP contribution in [-0.2, 0) is 9.79 Å². The van der Waals surface area contributed by atoms with Gasteiger partial charge in [-0.3, -0.25) is 14.9 Å². The van der Waals surface area contributed by atoms with Crippen LogP contribution in [0.3, 0.4) is 0 Å². The van der Waals surface area contributed by atoms with Crippen LogP contribution in [0, 0.1) is 10.1 Å². The van der Waals surface area contributed by atoms with Crippen LogP contribution in [0.1, 0.15) is 31.4 Å². The van der Waals surface area contributed by atoms with Crippen LogP contribution in [-0.4, -0.2) is 21.5 Å². The number of nitro benzene ring substituents is 1. The molecule has 2 aliphatic rings. The highest BCUT2D eigenvalue weighted by Crippen LogP contribution is 2.55. The topological polar surface area (TPSA) is 91.4 Å². The third-order valence-corrected chi connectivity index (χ3v) is 7.15. The summed E-state index contributed by atoms with van der Waals surface area (Å²) in [5.74, 6) is -0.187. The fourth-order valence-corrected chi connectivity index (χ4v) is 5.50. The number of para-hydroxylation sites is 1. The molecule has 0 aliphatic carbocycles. The molecular weight excluding hydrogens is 450 g/mol. The van der Waals surface area contributed by atoms with Gasteiger partial charge in [0.15, 0.2) is 10.8 Å². The zero-order valence-corrected chi connectivity index (χ0v) is 19.4. The maximum absolute atomic E-state index is 12.6. The van der Waals surface area contributed by atoms with Crippen LogP contribution in [0.25, 0.3) is 0 Å². The van der Waals surface area contributed by atoms with Crippen molar-refractivity contribution in [1.82, 2.24) is 0 Å². The minimum absolute atomic E-state index is 0.0581. The predicted molar refractivity (Wildman–Crippen MR) is 135 cm³/mol. The first-order valence-corrected chi connectivity index (χ1v) is 11.6. The second kappa shape index (κ2) is 8.42. The molecule has 34 heavy (non-hydrogen) atoms. The normalized spacial score (nSPS) is 19.0. The highest BCUT2D eigenvalue weighted by Gasteiger charge is 2.55. The van der Waals surface area contributed by atoms with Gasteiger partial charge in [0, 0.05) is 30.2 Å². The summed E-state index contributed by atoms with van der Waals surface area (Å²) in [6.07, 6.45) is 0.707. The molecule has 1 unspecified atom stereocenters. The van der Waals surface area contributed by atoms with Crippen LogP contribution < -0.4 is 10.0 Å². The third kappa shape index (κ3) is 3.36. The Kier molecular flexibility index (Phi) is 5.41. The fourth-order valence-electron chi connectivity index (χ4n) is 4.21. The molecule has 1 atom stereocenters. The molecule has 1 spiro atoms. The van der Waals surface area contributed by atoms with Crippen molar-refractivity contribution in [1.29, 1.82) is 0 Å². The van der Waals surface area contributed by atoms with E-state index in [-0.39, 0.29) is 11.5 Å². The summed E-state index contributed by atoms with van der Waals surface area (Å²) in [4.78, 5) is 22.6. The first-order chi connectivity index (χ1) is 16.5. The van der Waals surface area contributed by atoms with Gasteiger partial charge >= 0.3 is 0 Å². The lowest BCUT2D eigenvalue weighted by molar-refractivity contribution is -0.384. The molecule has 5 rings (SSSR count). The Morgan fingerprint density at radius 2 is 1.65 bits per heavy atom. The fraction of sp³-hybridized carbons (Fsp3) is 0.160. The van der Waals surface area contributed by atoms with E-state index in [1.54, 1.807) is 17.1 Å². The van der Waals surface area contributed by atoms with Gasteiger partial charge in [0.2, 0.25) is 4.99 Å². The van der Waals surface area contributed by atoms with Crippen molar-refractivity contribution < 1.29 is 9.72 Å². The highest BCUT2D eigenvalue weighted by atomic mass is 32.2. The standard InChI is InChI=1S/C25H21N5O3S/c1-3-23-21-14-7-8-15-22(21)25(28(26-23)18-10-5-4-6-11-18)29(27-24(34-25)17(2)31)19-12-9-13-20(16-19)30(32)33/h4-16H,3H2,1-2H3. The molecule has 0 saturated carbocycles. The first-order valence-electron chi connectivity index (χ1n) is 10.8. The lowest BCUT2D eigenvalue weighted by Crippen LogP contribution is -2.53. The van der Waals surface area contributed by atoms with Crippen molar-refractivity contribution in [3.05, 3.63) is 100 Å². The van der Waals surface area contributed by atoms with E-state index in [0.29, 0.717) is 17.2 Å². The van der Waals surface area contributed by atoms with Crippen LogP contribution in [0.5, 0.6) is 0 Å². The number of hydrazone groups is 2. The number of hydrogen-bond acceptors (Lipinski definition) is 8. The summed E-state index contributed by atoms with van der Waals surface area (Å²) in [6, 6.07) is 23.9. The van der Waals surface area contributed by atoms with E-state index in [4.69, 9.17) is 10.2 Å². The van der Waals surface area contributed by atoms with E-state index in [1.807, 2.05) is 66.5 Å². The maximum atomic E-state index is 12.6. The monoisotopic (exact) mass is 471 g/mol. The molecule has 0 N–H and O–H groups in total. The van der Waals surface area contributed by atoms with Gasteiger partial charge in [0.1, 0.15) is 0 Å². The minimum atomic E-state index is -1.09. The second-order valence-corrected chi connectivity index (χ2v) is 9.01. The Balaban J connectivity index is 1.82. The van der Waals surface area contributed by atoms with Gasteiger partial charge in [-0.2, -0.15) is 10.2 Å². The zero-order chi connectivity index (χ0) is 23.9. The number of non-ortho nitro benzene ring substituents is 1. The molecule has 0 saturated heterocycles. The van der Waals surface area contributed by atoms with E-state index in [1.165, 1.54) is 30.8 Å². The van der Waals surface area contributed by atoms with Crippen LogP contribution in [0.4, 0.5) is 17.1 Å². The quantitative estimate of drug-likeness (QED) is 0.361. The Morgan fingerprint density at radius 1 is 0.971 bits per heavy atom. The van der Waals surface area contributed by atoms with Crippen LogP contribution in [0.15, 0.2) is 89.1 Å². The van der Waals surface area contributed by atoms with Gasteiger partial charge in [-0.05, 0) is 36.4 Å².